The molecule has 2 aromatic rings. The van der Waals surface area contributed by atoms with Gasteiger partial charge < -0.3 is 21.5 Å². The molecule has 1 saturated carbocycles. The van der Waals surface area contributed by atoms with Crippen LogP contribution in [-0.2, 0) is 0 Å². The van der Waals surface area contributed by atoms with Gasteiger partial charge in [-0.1, -0.05) is 30.5 Å². The van der Waals surface area contributed by atoms with Gasteiger partial charge in [0, 0.05) is 23.8 Å². The number of hydrogen-bond acceptors (Lipinski definition) is 6. The predicted molar refractivity (Wildman–Crippen MR) is 97.3 cm³/mol. The van der Waals surface area contributed by atoms with E-state index in [9.17, 15) is 9.90 Å². The fourth-order valence-electron chi connectivity index (χ4n) is 3.04. The van der Waals surface area contributed by atoms with Crippen molar-refractivity contribution in [2.45, 2.75) is 44.7 Å². The Labute approximate surface area is 146 Å². The molecule has 5 N–H and O–H groups in total. The summed E-state index contributed by atoms with van der Waals surface area (Å²) in [5.41, 5.74) is 8.37. The van der Waals surface area contributed by atoms with Crippen LogP contribution in [0.3, 0.4) is 0 Å². The number of anilines is 3. The van der Waals surface area contributed by atoms with Crippen molar-refractivity contribution < 1.29 is 9.90 Å². The zero-order valence-corrected chi connectivity index (χ0v) is 14.2. The Morgan fingerprint density at radius 1 is 1.20 bits per heavy atom. The number of nitrogens with zero attached hydrogens (tertiary/aromatic N) is 2. The van der Waals surface area contributed by atoms with Crippen LogP contribution in [-0.4, -0.2) is 33.4 Å². The highest BCUT2D eigenvalue weighted by atomic mass is 16.4. The minimum absolute atomic E-state index is 0.0724. The van der Waals surface area contributed by atoms with Crippen molar-refractivity contribution in [3.8, 4) is 0 Å². The van der Waals surface area contributed by atoms with Gasteiger partial charge in [-0.05, 0) is 31.9 Å². The van der Waals surface area contributed by atoms with E-state index < -0.39 is 5.97 Å². The van der Waals surface area contributed by atoms with Gasteiger partial charge in [-0.15, -0.1) is 10.2 Å². The summed E-state index contributed by atoms with van der Waals surface area (Å²) in [4.78, 5) is 11.4. The minimum atomic E-state index is -1.12. The van der Waals surface area contributed by atoms with E-state index in [-0.39, 0.29) is 17.8 Å². The van der Waals surface area contributed by atoms with E-state index >= 15 is 0 Å². The molecule has 7 nitrogen and oxygen atoms in total. The average Bonchev–Trinajstić information content (AvgIpc) is 2.59. The normalized spacial score (nSPS) is 20.1. The number of carboxylic acid groups (broad SMARTS) is 1. The van der Waals surface area contributed by atoms with Crippen LogP contribution in [0.4, 0.5) is 17.2 Å². The molecular weight excluding hydrogens is 318 g/mol. The van der Waals surface area contributed by atoms with Crippen LogP contribution in [0.15, 0.2) is 30.3 Å². The highest BCUT2D eigenvalue weighted by molar-refractivity contribution is 5.93. The minimum Gasteiger partial charge on any atom is -0.476 e. The number of nitrogens with two attached hydrogens (primary N) is 1. The van der Waals surface area contributed by atoms with Crippen molar-refractivity contribution in [2.24, 2.45) is 5.73 Å². The molecule has 1 aliphatic carbocycles. The molecule has 1 aliphatic rings. The molecule has 1 fully saturated rings. The first-order valence-corrected chi connectivity index (χ1v) is 8.50. The lowest BCUT2D eigenvalue weighted by Gasteiger charge is -2.29. The molecule has 3 rings (SSSR count). The van der Waals surface area contributed by atoms with Gasteiger partial charge in [0.15, 0.2) is 11.5 Å². The molecule has 1 aromatic carbocycles. The number of hydrogen-bond donors (Lipinski definition) is 4. The maximum atomic E-state index is 11.4. The molecule has 0 saturated heterocycles. The lowest BCUT2D eigenvalue weighted by molar-refractivity contribution is 0.0690. The van der Waals surface area contributed by atoms with Crippen LogP contribution in [0.2, 0.25) is 0 Å². The Morgan fingerprint density at radius 3 is 2.60 bits per heavy atom. The first-order chi connectivity index (χ1) is 12.0. The van der Waals surface area contributed by atoms with Crippen LogP contribution in [0.25, 0.3) is 0 Å². The van der Waals surface area contributed by atoms with Crippen molar-refractivity contribution >= 4 is 23.2 Å². The summed E-state index contributed by atoms with van der Waals surface area (Å²) in [6.45, 7) is 2.00. The molecule has 0 radical (unpaired) electrons. The molecule has 0 unspecified atom stereocenters. The summed E-state index contributed by atoms with van der Waals surface area (Å²) in [5, 5.41) is 23.6. The van der Waals surface area contributed by atoms with Crippen molar-refractivity contribution in [1.29, 1.82) is 0 Å². The van der Waals surface area contributed by atoms with Crippen molar-refractivity contribution in [3.05, 3.63) is 41.6 Å². The molecule has 0 amide bonds. The number of carbonyl (C=O) groups is 1. The van der Waals surface area contributed by atoms with E-state index in [4.69, 9.17) is 5.73 Å². The average molecular weight is 341 g/mol. The number of aromatic nitrogens is 2. The van der Waals surface area contributed by atoms with Crippen LogP contribution in [0.1, 0.15) is 41.7 Å². The topological polar surface area (TPSA) is 113 Å². The smallest absolute Gasteiger partial charge is 0.358 e. The molecule has 0 bridgehead atoms. The van der Waals surface area contributed by atoms with Crippen molar-refractivity contribution in [1.82, 2.24) is 10.2 Å². The molecule has 0 spiro atoms. The quantitative estimate of drug-likeness (QED) is 0.661. The Kier molecular flexibility index (Phi) is 5.14. The second kappa shape index (κ2) is 7.48. The van der Waals surface area contributed by atoms with Gasteiger partial charge in [-0.2, -0.15) is 0 Å². The van der Waals surface area contributed by atoms with E-state index in [1.165, 1.54) is 0 Å². The summed E-state index contributed by atoms with van der Waals surface area (Å²) in [6.07, 6.45) is 4.22. The molecule has 2 atom stereocenters. The fraction of sp³-hybridized carbons (Fsp3) is 0.389. The third-order valence-electron chi connectivity index (χ3n) is 4.48. The largest absolute Gasteiger partial charge is 0.476 e. The molecule has 7 heteroatoms. The second-order valence-corrected chi connectivity index (χ2v) is 6.49. The molecule has 25 heavy (non-hydrogen) atoms. The molecule has 1 heterocycles. The van der Waals surface area contributed by atoms with E-state index in [1.54, 1.807) is 6.07 Å². The van der Waals surface area contributed by atoms with Crippen molar-refractivity contribution in [3.63, 3.8) is 0 Å². The molecular formula is C18H23N5O2. The van der Waals surface area contributed by atoms with Crippen molar-refractivity contribution in [2.75, 3.05) is 10.6 Å². The van der Waals surface area contributed by atoms with Gasteiger partial charge in [0.25, 0.3) is 0 Å². The van der Waals surface area contributed by atoms with Gasteiger partial charge in [0.2, 0.25) is 0 Å². The zero-order chi connectivity index (χ0) is 17.8. The van der Waals surface area contributed by atoms with Gasteiger partial charge in [-0.25, -0.2) is 4.79 Å². The van der Waals surface area contributed by atoms with Gasteiger partial charge in [0.05, 0.1) is 5.69 Å². The Bertz CT molecular complexity index is 748. The number of aryl methyl sites for hydroxylation is 1. The lowest BCUT2D eigenvalue weighted by atomic mass is 9.91. The van der Waals surface area contributed by atoms with E-state index in [1.807, 2.05) is 31.2 Å². The fourth-order valence-corrected chi connectivity index (χ4v) is 3.04. The number of benzene rings is 1. The lowest BCUT2D eigenvalue weighted by Crippen LogP contribution is -2.42. The number of carboxylic acids is 1. The van der Waals surface area contributed by atoms with E-state index in [0.717, 1.165) is 36.9 Å². The SMILES string of the molecule is Cc1ccc(Nc2cc(N[C@@H]3CCCC[C@@H]3N)nnc2C(=O)O)cc1. The molecule has 0 aliphatic heterocycles. The predicted octanol–water partition coefficient (Wildman–Crippen LogP) is 2.91. The van der Waals surface area contributed by atoms with Crippen LogP contribution in [0.5, 0.6) is 0 Å². The number of aromatic carboxylic acids is 1. The second-order valence-electron chi connectivity index (χ2n) is 6.49. The Balaban J connectivity index is 1.83. The van der Waals surface area contributed by atoms with E-state index in [0.29, 0.717) is 11.5 Å². The summed E-state index contributed by atoms with van der Waals surface area (Å²) in [7, 11) is 0. The van der Waals surface area contributed by atoms with Crippen LogP contribution >= 0.6 is 0 Å². The highest BCUT2D eigenvalue weighted by Gasteiger charge is 2.23. The van der Waals surface area contributed by atoms with Crippen LogP contribution in [0, 0.1) is 6.92 Å². The summed E-state index contributed by atoms with van der Waals surface area (Å²) < 4.78 is 0. The maximum Gasteiger partial charge on any atom is 0.358 e. The summed E-state index contributed by atoms with van der Waals surface area (Å²) in [6, 6.07) is 9.58. The monoisotopic (exact) mass is 341 g/mol. The highest BCUT2D eigenvalue weighted by Crippen LogP contribution is 2.25. The zero-order valence-electron chi connectivity index (χ0n) is 14.2. The maximum absolute atomic E-state index is 11.4. The standard InChI is InChI=1S/C18H23N5O2/c1-11-6-8-12(9-7-11)20-15-10-16(22-23-17(15)18(24)25)21-14-5-3-2-4-13(14)19/h6-10,13-14H,2-5,19H2,1H3,(H,24,25)(H2,20,21,22)/t13-,14+/m0/s1. The summed E-state index contributed by atoms with van der Waals surface area (Å²) >= 11 is 0. The number of nitrogens with one attached hydrogen (secondary N) is 2. The molecule has 1 aromatic heterocycles. The van der Waals surface area contributed by atoms with Crippen LogP contribution < -0.4 is 16.4 Å². The Morgan fingerprint density at radius 2 is 1.92 bits per heavy atom. The third kappa shape index (κ3) is 4.24. The summed E-state index contributed by atoms with van der Waals surface area (Å²) in [5.74, 6) is -0.593. The van der Waals surface area contributed by atoms with Gasteiger partial charge >= 0.3 is 5.97 Å². The first-order valence-electron chi connectivity index (χ1n) is 8.50. The Hall–Kier alpha value is -2.67. The van der Waals surface area contributed by atoms with Gasteiger partial charge in [-0.3, -0.25) is 0 Å². The molecule has 132 valence electrons. The third-order valence-corrected chi connectivity index (χ3v) is 4.48. The number of rotatable bonds is 5. The van der Waals surface area contributed by atoms with Gasteiger partial charge in [0.1, 0.15) is 0 Å². The van der Waals surface area contributed by atoms with E-state index in [2.05, 4.69) is 20.8 Å². The first kappa shape index (κ1) is 17.2.